The molecule has 0 spiro atoms. The highest BCUT2D eigenvalue weighted by Gasteiger charge is 2.10. The Morgan fingerprint density at radius 2 is 1.85 bits per heavy atom. The van der Waals surface area contributed by atoms with Crippen LogP contribution in [0.5, 0.6) is 0 Å². The normalized spacial score (nSPS) is 12.5. The third-order valence-electron chi connectivity index (χ3n) is 3.49. The molecule has 1 heterocycles. The summed E-state index contributed by atoms with van der Waals surface area (Å²) < 4.78 is 0. The lowest BCUT2D eigenvalue weighted by molar-refractivity contribution is 0.177. The predicted molar refractivity (Wildman–Crippen MR) is 81.6 cm³/mol. The number of aliphatic hydroxyl groups excluding tert-OH is 1. The van der Waals surface area contributed by atoms with Gasteiger partial charge in [0.05, 0.1) is 11.6 Å². The third-order valence-corrected chi connectivity index (χ3v) is 3.49. The molecule has 2 nitrogen and oxygen atoms in total. The molecule has 0 fully saturated rings. The molecule has 0 saturated carbocycles. The fourth-order valence-electron chi connectivity index (χ4n) is 2.42. The Labute approximate surface area is 118 Å². The van der Waals surface area contributed by atoms with Crippen LogP contribution in [0.1, 0.15) is 22.9 Å². The van der Waals surface area contributed by atoms with Crippen LogP contribution >= 0.6 is 0 Å². The first-order valence-electron chi connectivity index (χ1n) is 6.82. The van der Waals surface area contributed by atoms with Gasteiger partial charge in [-0.25, -0.2) is 0 Å². The Kier molecular flexibility index (Phi) is 3.48. The van der Waals surface area contributed by atoms with Gasteiger partial charge in [-0.2, -0.15) is 0 Å². The van der Waals surface area contributed by atoms with Gasteiger partial charge in [0.15, 0.2) is 0 Å². The zero-order valence-corrected chi connectivity index (χ0v) is 11.5. The summed E-state index contributed by atoms with van der Waals surface area (Å²) in [6, 6.07) is 20.1. The number of hydrogen-bond acceptors (Lipinski definition) is 2. The van der Waals surface area contributed by atoms with Gasteiger partial charge < -0.3 is 5.11 Å². The summed E-state index contributed by atoms with van der Waals surface area (Å²) in [6.07, 6.45) is 0.0254. The van der Waals surface area contributed by atoms with Crippen LogP contribution in [-0.4, -0.2) is 10.1 Å². The van der Waals surface area contributed by atoms with Crippen molar-refractivity contribution in [1.82, 2.24) is 4.98 Å². The van der Waals surface area contributed by atoms with Crippen LogP contribution in [0, 0.1) is 6.92 Å². The van der Waals surface area contributed by atoms with Gasteiger partial charge in [0.1, 0.15) is 0 Å². The molecule has 3 rings (SSSR count). The Balaban J connectivity index is 1.85. The Hall–Kier alpha value is -2.19. The number of fused-ring (bicyclic) bond motifs is 1. The lowest BCUT2D eigenvalue weighted by Gasteiger charge is -2.11. The molecule has 2 aromatic carbocycles. The highest BCUT2D eigenvalue weighted by molar-refractivity contribution is 5.78. The predicted octanol–water partition coefficient (Wildman–Crippen LogP) is 3.82. The van der Waals surface area contributed by atoms with Crippen LogP contribution in [0.25, 0.3) is 10.9 Å². The number of pyridine rings is 1. The fourth-order valence-corrected chi connectivity index (χ4v) is 2.42. The molecule has 20 heavy (non-hydrogen) atoms. The van der Waals surface area contributed by atoms with Crippen molar-refractivity contribution in [3.8, 4) is 0 Å². The van der Waals surface area contributed by atoms with Crippen molar-refractivity contribution in [2.45, 2.75) is 19.4 Å². The molecule has 0 aliphatic heterocycles. The van der Waals surface area contributed by atoms with Gasteiger partial charge in [-0.05, 0) is 24.6 Å². The third kappa shape index (κ3) is 2.70. The molecule has 3 aromatic rings. The second-order valence-electron chi connectivity index (χ2n) is 5.13. The summed E-state index contributed by atoms with van der Waals surface area (Å²) in [5.41, 5.74) is 3.99. The van der Waals surface area contributed by atoms with Crippen molar-refractivity contribution in [3.05, 3.63) is 77.5 Å². The number of aliphatic hydroxyl groups is 1. The highest BCUT2D eigenvalue weighted by Crippen LogP contribution is 2.20. The molecule has 2 heteroatoms. The molecule has 1 N–H and O–H groups in total. The van der Waals surface area contributed by atoms with Crippen LogP contribution in [0.2, 0.25) is 0 Å². The number of hydrogen-bond donors (Lipinski definition) is 1. The van der Waals surface area contributed by atoms with Crippen LogP contribution in [0.4, 0.5) is 0 Å². The SMILES string of the molecule is Cc1cccc(C(O)Cc2ccc3ccccc3n2)c1. The highest BCUT2D eigenvalue weighted by atomic mass is 16.3. The van der Waals surface area contributed by atoms with Gasteiger partial charge >= 0.3 is 0 Å². The second kappa shape index (κ2) is 5.43. The van der Waals surface area contributed by atoms with Crippen LogP contribution < -0.4 is 0 Å². The van der Waals surface area contributed by atoms with Crippen LogP contribution in [0.15, 0.2) is 60.7 Å². The van der Waals surface area contributed by atoms with Crippen LogP contribution in [-0.2, 0) is 6.42 Å². The topological polar surface area (TPSA) is 33.1 Å². The molecule has 1 aromatic heterocycles. The summed E-state index contributed by atoms with van der Waals surface area (Å²) >= 11 is 0. The van der Waals surface area contributed by atoms with Crippen molar-refractivity contribution in [1.29, 1.82) is 0 Å². The van der Waals surface area contributed by atoms with Gasteiger partial charge in [0, 0.05) is 17.5 Å². The summed E-state index contributed by atoms with van der Waals surface area (Å²) in [5, 5.41) is 11.5. The number of benzene rings is 2. The van der Waals surface area contributed by atoms with E-state index in [-0.39, 0.29) is 0 Å². The zero-order chi connectivity index (χ0) is 13.9. The fraction of sp³-hybridized carbons (Fsp3) is 0.167. The number of rotatable bonds is 3. The van der Waals surface area contributed by atoms with E-state index in [0.29, 0.717) is 6.42 Å². The van der Waals surface area contributed by atoms with Crippen LogP contribution in [0.3, 0.4) is 0 Å². The molecule has 100 valence electrons. The van der Waals surface area contributed by atoms with Gasteiger partial charge in [-0.1, -0.05) is 54.1 Å². The van der Waals surface area contributed by atoms with E-state index in [1.807, 2.05) is 61.5 Å². The molecular formula is C18H17NO. The van der Waals surface area contributed by atoms with Gasteiger partial charge in [-0.15, -0.1) is 0 Å². The van der Waals surface area contributed by atoms with E-state index in [0.717, 1.165) is 27.7 Å². The Morgan fingerprint density at radius 1 is 1.00 bits per heavy atom. The van der Waals surface area contributed by atoms with Crippen molar-refractivity contribution < 1.29 is 5.11 Å². The van der Waals surface area contributed by atoms with Gasteiger partial charge in [-0.3, -0.25) is 4.98 Å². The lowest BCUT2D eigenvalue weighted by Crippen LogP contribution is -2.03. The molecule has 0 aliphatic rings. The molecule has 1 atom stereocenters. The largest absolute Gasteiger partial charge is 0.388 e. The molecule has 1 unspecified atom stereocenters. The van der Waals surface area contributed by atoms with Gasteiger partial charge in [0.25, 0.3) is 0 Å². The second-order valence-corrected chi connectivity index (χ2v) is 5.13. The van der Waals surface area contributed by atoms with E-state index >= 15 is 0 Å². The lowest BCUT2D eigenvalue weighted by atomic mass is 10.0. The van der Waals surface area contributed by atoms with Crippen molar-refractivity contribution in [3.63, 3.8) is 0 Å². The molecule has 0 aliphatic carbocycles. The first-order chi connectivity index (χ1) is 9.72. The standard InChI is InChI=1S/C18H17NO/c1-13-5-4-7-15(11-13)18(20)12-16-10-9-14-6-2-3-8-17(14)19-16/h2-11,18,20H,12H2,1H3. The van der Waals surface area contributed by atoms with Crippen molar-refractivity contribution >= 4 is 10.9 Å². The van der Waals surface area contributed by atoms with Crippen molar-refractivity contribution in [2.24, 2.45) is 0 Å². The average molecular weight is 263 g/mol. The zero-order valence-electron chi connectivity index (χ0n) is 11.5. The van der Waals surface area contributed by atoms with E-state index in [1.54, 1.807) is 0 Å². The molecule has 0 bridgehead atoms. The molecule has 0 saturated heterocycles. The minimum Gasteiger partial charge on any atom is -0.388 e. The smallest absolute Gasteiger partial charge is 0.0845 e. The number of aryl methyl sites for hydroxylation is 1. The number of nitrogens with zero attached hydrogens (tertiary/aromatic N) is 1. The van der Waals surface area contributed by atoms with E-state index in [2.05, 4.69) is 11.1 Å². The minimum absolute atomic E-state index is 0.511. The quantitative estimate of drug-likeness (QED) is 0.779. The maximum absolute atomic E-state index is 10.3. The van der Waals surface area contributed by atoms with Crippen molar-refractivity contribution in [2.75, 3.05) is 0 Å². The maximum atomic E-state index is 10.3. The minimum atomic E-state index is -0.511. The summed E-state index contributed by atoms with van der Waals surface area (Å²) in [5.74, 6) is 0. The first kappa shape index (κ1) is 12.8. The van der Waals surface area contributed by atoms with E-state index < -0.39 is 6.10 Å². The Morgan fingerprint density at radius 3 is 2.70 bits per heavy atom. The number of aromatic nitrogens is 1. The molecule has 0 radical (unpaired) electrons. The summed E-state index contributed by atoms with van der Waals surface area (Å²) in [6.45, 7) is 2.03. The van der Waals surface area contributed by atoms with E-state index in [9.17, 15) is 5.11 Å². The van der Waals surface area contributed by atoms with Gasteiger partial charge in [0.2, 0.25) is 0 Å². The van der Waals surface area contributed by atoms with E-state index in [4.69, 9.17) is 0 Å². The average Bonchev–Trinajstić information content (AvgIpc) is 2.47. The first-order valence-corrected chi connectivity index (χ1v) is 6.82. The summed E-state index contributed by atoms with van der Waals surface area (Å²) in [4.78, 5) is 4.60. The number of para-hydroxylation sites is 1. The van der Waals surface area contributed by atoms with E-state index in [1.165, 1.54) is 0 Å². The molecule has 0 amide bonds. The summed E-state index contributed by atoms with van der Waals surface area (Å²) in [7, 11) is 0. The Bertz CT molecular complexity index is 736. The maximum Gasteiger partial charge on any atom is 0.0845 e. The monoisotopic (exact) mass is 263 g/mol. The molecular weight excluding hydrogens is 246 g/mol.